The minimum atomic E-state index is -2.05. The van der Waals surface area contributed by atoms with E-state index >= 15 is 0 Å². The number of carbonyl (C=O) groups excluding carboxylic acids is 4. The molecule has 1 heterocycles. The van der Waals surface area contributed by atoms with Gasteiger partial charge in [-0.3, -0.25) is 19.3 Å². The molecule has 152 valence electrons. The molecule has 0 aromatic heterocycles. The first-order valence-electron chi connectivity index (χ1n) is 9.60. The summed E-state index contributed by atoms with van der Waals surface area (Å²) < 4.78 is 5.03. The lowest BCUT2D eigenvalue weighted by Crippen LogP contribution is -2.41. The van der Waals surface area contributed by atoms with Crippen LogP contribution in [0.25, 0.3) is 0 Å². The summed E-state index contributed by atoms with van der Waals surface area (Å²) in [6, 6.07) is 16.4. The van der Waals surface area contributed by atoms with Crippen LogP contribution in [0, 0.1) is 16.7 Å². The SMILES string of the molecule is CCOC(=O)C(C#N)(CCCN1C(=O)c2ccccc2C1=O)C(=O)c1ccccc1. The van der Waals surface area contributed by atoms with Crippen LogP contribution in [0.4, 0.5) is 0 Å². The number of hydrogen-bond donors (Lipinski definition) is 0. The van der Waals surface area contributed by atoms with E-state index in [0.29, 0.717) is 11.1 Å². The van der Waals surface area contributed by atoms with Gasteiger partial charge in [0.1, 0.15) is 0 Å². The molecule has 1 aliphatic rings. The second-order valence-electron chi connectivity index (χ2n) is 6.84. The van der Waals surface area contributed by atoms with Crippen molar-refractivity contribution in [3.63, 3.8) is 0 Å². The van der Waals surface area contributed by atoms with Gasteiger partial charge in [0, 0.05) is 12.1 Å². The zero-order valence-corrected chi connectivity index (χ0v) is 16.5. The van der Waals surface area contributed by atoms with Gasteiger partial charge in [0.25, 0.3) is 11.8 Å². The van der Waals surface area contributed by atoms with Gasteiger partial charge in [0.05, 0.1) is 23.8 Å². The number of fused-ring (bicyclic) bond motifs is 1. The third kappa shape index (κ3) is 3.60. The Labute approximate surface area is 173 Å². The van der Waals surface area contributed by atoms with Gasteiger partial charge < -0.3 is 4.74 Å². The smallest absolute Gasteiger partial charge is 0.334 e. The number of carbonyl (C=O) groups is 4. The lowest BCUT2D eigenvalue weighted by molar-refractivity contribution is -0.149. The second-order valence-corrected chi connectivity index (χ2v) is 6.84. The maximum absolute atomic E-state index is 13.1. The molecule has 0 spiro atoms. The van der Waals surface area contributed by atoms with E-state index in [1.165, 1.54) is 12.1 Å². The maximum Gasteiger partial charge on any atom is 0.334 e. The molecule has 1 atom stereocenters. The molecule has 0 radical (unpaired) electrons. The predicted molar refractivity (Wildman–Crippen MR) is 106 cm³/mol. The zero-order valence-electron chi connectivity index (χ0n) is 16.5. The van der Waals surface area contributed by atoms with Gasteiger partial charge in [-0.15, -0.1) is 0 Å². The number of ether oxygens (including phenoxy) is 1. The molecule has 2 amide bonds. The summed E-state index contributed by atoms with van der Waals surface area (Å²) in [5.41, 5.74) is -1.19. The summed E-state index contributed by atoms with van der Waals surface area (Å²) in [6.07, 6.45) is -0.0834. The molecule has 0 saturated heterocycles. The fourth-order valence-electron chi connectivity index (χ4n) is 3.50. The van der Waals surface area contributed by atoms with Gasteiger partial charge in [0.15, 0.2) is 5.78 Å². The van der Waals surface area contributed by atoms with Gasteiger partial charge in [-0.25, -0.2) is 4.79 Å². The quantitative estimate of drug-likeness (QED) is 0.290. The van der Waals surface area contributed by atoms with Gasteiger partial charge in [0.2, 0.25) is 5.41 Å². The Morgan fingerprint density at radius 3 is 2.10 bits per heavy atom. The zero-order chi connectivity index (χ0) is 21.7. The molecule has 1 aliphatic heterocycles. The Kier molecular flexibility index (Phi) is 6.07. The molecule has 0 aliphatic carbocycles. The van der Waals surface area contributed by atoms with Crippen LogP contribution in [0.5, 0.6) is 0 Å². The minimum absolute atomic E-state index is 0.0166. The number of hydrogen-bond acceptors (Lipinski definition) is 6. The summed E-state index contributed by atoms with van der Waals surface area (Å²) in [5.74, 6) is -2.44. The highest BCUT2D eigenvalue weighted by molar-refractivity contribution is 6.21. The molecule has 0 bridgehead atoms. The van der Waals surface area contributed by atoms with Crippen molar-refractivity contribution in [2.75, 3.05) is 13.2 Å². The van der Waals surface area contributed by atoms with E-state index in [2.05, 4.69) is 0 Å². The number of rotatable bonds is 8. The fourth-order valence-corrected chi connectivity index (χ4v) is 3.50. The van der Waals surface area contributed by atoms with E-state index in [9.17, 15) is 24.4 Å². The van der Waals surface area contributed by atoms with Crippen molar-refractivity contribution in [3.05, 3.63) is 71.3 Å². The molecule has 1 unspecified atom stereocenters. The number of amides is 2. The predicted octanol–water partition coefficient (Wildman–Crippen LogP) is 3.02. The molecule has 7 heteroatoms. The summed E-state index contributed by atoms with van der Waals surface area (Å²) in [7, 11) is 0. The van der Waals surface area contributed by atoms with E-state index in [0.717, 1.165) is 4.90 Å². The van der Waals surface area contributed by atoms with Crippen molar-refractivity contribution in [2.24, 2.45) is 5.41 Å². The Bertz CT molecular complexity index is 1010. The monoisotopic (exact) mass is 404 g/mol. The Morgan fingerprint density at radius 2 is 1.57 bits per heavy atom. The van der Waals surface area contributed by atoms with Gasteiger partial charge >= 0.3 is 5.97 Å². The molecule has 0 fully saturated rings. The number of Topliss-reactive ketones (excluding diaryl/α,β-unsaturated/α-hetero) is 1. The van der Waals surface area contributed by atoms with Crippen LogP contribution in [0.3, 0.4) is 0 Å². The van der Waals surface area contributed by atoms with E-state index < -0.39 is 29.0 Å². The number of nitriles is 1. The van der Waals surface area contributed by atoms with E-state index in [4.69, 9.17) is 4.74 Å². The average Bonchev–Trinajstić information content (AvgIpc) is 3.02. The largest absolute Gasteiger partial charge is 0.464 e. The van der Waals surface area contributed by atoms with Crippen molar-refractivity contribution in [1.29, 1.82) is 5.26 Å². The molecular formula is C23H20N2O5. The third-order valence-electron chi connectivity index (χ3n) is 5.05. The second kappa shape index (κ2) is 8.70. The Balaban J connectivity index is 1.80. The highest BCUT2D eigenvalue weighted by atomic mass is 16.5. The molecule has 2 aromatic carbocycles. The van der Waals surface area contributed by atoms with Crippen molar-refractivity contribution < 1.29 is 23.9 Å². The van der Waals surface area contributed by atoms with Crippen molar-refractivity contribution in [3.8, 4) is 6.07 Å². The minimum Gasteiger partial charge on any atom is -0.464 e. The molecule has 0 N–H and O–H groups in total. The molecule has 30 heavy (non-hydrogen) atoms. The van der Waals surface area contributed by atoms with E-state index in [1.54, 1.807) is 49.4 Å². The van der Waals surface area contributed by atoms with E-state index in [-0.39, 0.29) is 31.6 Å². The third-order valence-corrected chi connectivity index (χ3v) is 5.05. The average molecular weight is 404 g/mol. The number of benzene rings is 2. The van der Waals surface area contributed by atoms with Gasteiger partial charge in [-0.1, -0.05) is 42.5 Å². The first-order chi connectivity index (χ1) is 14.5. The summed E-state index contributed by atoms with van der Waals surface area (Å²) in [5, 5.41) is 9.82. The molecule has 0 saturated carbocycles. The molecule has 3 rings (SSSR count). The normalized spacial score (nSPS) is 14.6. The van der Waals surface area contributed by atoms with Gasteiger partial charge in [-0.2, -0.15) is 5.26 Å². The molecule has 2 aromatic rings. The lowest BCUT2D eigenvalue weighted by atomic mass is 9.77. The van der Waals surface area contributed by atoms with Crippen LogP contribution in [0.2, 0.25) is 0 Å². The Hall–Kier alpha value is -3.79. The summed E-state index contributed by atoms with van der Waals surface area (Å²) >= 11 is 0. The topological polar surface area (TPSA) is 105 Å². The van der Waals surface area contributed by atoms with Crippen LogP contribution in [-0.4, -0.2) is 41.6 Å². The highest BCUT2D eigenvalue weighted by Crippen LogP contribution is 2.31. The van der Waals surface area contributed by atoms with Crippen LogP contribution in [0.1, 0.15) is 50.8 Å². The van der Waals surface area contributed by atoms with Crippen LogP contribution < -0.4 is 0 Å². The van der Waals surface area contributed by atoms with Crippen molar-refractivity contribution >= 4 is 23.6 Å². The number of ketones is 1. The van der Waals surface area contributed by atoms with Gasteiger partial charge in [-0.05, 0) is 31.9 Å². The molecular weight excluding hydrogens is 384 g/mol. The standard InChI is InChI=1S/C23H20N2O5/c1-2-30-22(29)23(15-24,19(26)16-9-4-3-5-10-16)13-8-14-25-20(27)17-11-6-7-12-18(17)21(25)28/h3-7,9-12H,2,8,13-14H2,1H3. The number of nitrogens with zero attached hydrogens (tertiary/aromatic N) is 2. The van der Waals surface area contributed by atoms with E-state index in [1.807, 2.05) is 6.07 Å². The number of imide groups is 1. The van der Waals surface area contributed by atoms with Crippen LogP contribution >= 0.6 is 0 Å². The fraction of sp³-hybridized carbons (Fsp3) is 0.261. The van der Waals surface area contributed by atoms with Crippen molar-refractivity contribution in [2.45, 2.75) is 19.8 Å². The van der Waals surface area contributed by atoms with Crippen LogP contribution in [-0.2, 0) is 9.53 Å². The Morgan fingerprint density at radius 1 is 1.00 bits per heavy atom. The van der Waals surface area contributed by atoms with Crippen molar-refractivity contribution in [1.82, 2.24) is 4.90 Å². The van der Waals surface area contributed by atoms with Crippen LogP contribution in [0.15, 0.2) is 54.6 Å². The lowest BCUT2D eigenvalue weighted by Gasteiger charge is -2.24. The number of esters is 1. The first-order valence-corrected chi connectivity index (χ1v) is 9.60. The highest BCUT2D eigenvalue weighted by Gasteiger charge is 2.48. The summed E-state index contributed by atoms with van der Waals surface area (Å²) in [4.78, 5) is 51.8. The first kappa shape index (κ1) is 20.9. The maximum atomic E-state index is 13.1. The molecule has 7 nitrogen and oxygen atoms in total. The summed E-state index contributed by atoms with van der Waals surface area (Å²) in [6.45, 7) is 1.59.